The Bertz CT molecular complexity index is 1180. The van der Waals surface area contributed by atoms with Crippen molar-refractivity contribution in [2.24, 2.45) is 5.92 Å². The minimum Gasteiger partial charge on any atom is -0.492 e. The molecule has 196 valence electrons. The van der Waals surface area contributed by atoms with Gasteiger partial charge in [-0.1, -0.05) is 35.3 Å². The lowest BCUT2D eigenvalue weighted by Crippen LogP contribution is -2.41. The predicted molar refractivity (Wildman–Crippen MR) is 147 cm³/mol. The van der Waals surface area contributed by atoms with Gasteiger partial charge in [-0.3, -0.25) is 4.90 Å². The number of benzene rings is 2. The first-order valence-electron chi connectivity index (χ1n) is 13.2. The fourth-order valence-corrected chi connectivity index (χ4v) is 7.66. The average molecular weight is 552 g/mol. The van der Waals surface area contributed by atoms with Crippen molar-refractivity contribution in [2.75, 3.05) is 26.2 Å². The highest BCUT2D eigenvalue weighted by molar-refractivity contribution is 7.90. The van der Waals surface area contributed by atoms with E-state index in [0.717, 1.165) is 50.9 Å². The molecule has 2 aliphatic carbocycles. The first-order chi connectivity index (χ1) is 17.3. The normalized spacial score (nSPS) is 23.4. The predicted octanol–water partition coefficient (Wildman–Crippen LogP) is 5.83. The smallest absolute Gasteiger partial charge is 0.214 e. The monoisotopic (exact) mass is 550 g/mol. The molecule has 3 unspecified atom stereocenters. The zero-order valence-corrected chi connectivity index (χ0v) is 23.2. The number of likely N-dealkylation sites (tertiary alicyclic amines) is 1. The van der Waals surface area contributed by atoms with Crippen molar-refractivity contribution >= 4 is 33.2 Å². The lowest BCUT2D eigenvalue weighted by Gasteiger charge is -2.39. The molecule has 2 aromatic carbocycles. The molecule has 1 heterocycles. The molecule has 5 rings (SSSR count). The zero-order chi connectivity index (χ0) is 25.3. The van der Waals surface area contributed by atoms with Gasteiger partial charge in [-0.25, -0.2) is 13.1 Å². The summed E-state index contributed by atoms with van der Waals surface area (Å²) in [4.78, 5) is 2.66. The van der Waals surface area contributed by atoms with Gasteiger partial charge in [-0.15, -0.1) is 0 Å². The molecule has 0 bridgehead atoms. The lowest BCUT2D eigenvalue weighted by molar-refractivity contribution is 0.188. The molecule has 36 heavy (non-hydrogen) atoms. The Kier molecular flexibility index (Phi) is 8.19. The van der Waals surface area contributed by atoms with Gasteiger partial charge in [0.15, 0.2) is 0 Å². The molecule has 0 aromatic heterocycles. The van der Waals surface area contributed by atoms with E-state index in [-0.39, 0.29) is 11.8 Å². The van der Waals surface area contributed by atoms with Gasteiger partial charge in [0.25, 0.3) is 0 Å². The van der Waals surface area contributed by atoms with Crippen LogP contribution < -0.4 is 9.46 Å². The third-order valence-corrected chi connectivity index (χ3v) is 10.9. The Morgan fingerprint density at radius 2 is 1.83 bits per heavy atom. The molecule has 2 fully saturated rings. The van der Waals surface area contributed by atoms with Crippen molar-refractivity contribution in [3.8, 4) is 5.75 Å². The molecule has 2 aromatic rings. The van der Waals surface area contributed by atoms with Crippen molar-refractivity contribution in [3.63, 3.8) is 0 Å². The number of rotatable bonds is 10. The van der Waals surface area contributed by atoms with Crippen LogP contribution in [-0.4, -0.2) is 50.9 Å². The number of aryl methyl sites for hydroxylation is 1. The van der Waals surface area contributed by atoms with Crippen LogP contribution in [0.1, 0.15) is 61.6 Å². The van der Waals surface area contributed by atoms with Crippen LogP contribution in [0.2, 0.25) is 10.0 Å². The van der Waals surface area contributed by atoms with Gasteiger partial charge in [-0.05, 0) is 112 Å². The van der Waals surface area contributed by atoms with E-state index in [4.69, 9.17) is 27.9 Å². The van der Waals surface area contributed by atoms with E-state index < -0.39 is 10.0 Å². The highest BCUT2D eigenvalue weighted by Gasteiger charge is 2.37. The third-order valence-electron chi connectivity index (χ3n) is 8.19. The summed E-state index contributed by atoms with van der Waals surface area (Å²) in [7, 11) is -3.29. The molecule has 0 spiro atoms. The maximum atomic E-state index is 12.4. The number of nitrogens with zero attached hydrogens (tertiary/aromatic N) is 1. The number of sulfonamides is 1. The second-order valence-electron chi connectivity index (χ2n) is 10.6. The molecule has 1 N–H and O–H groups in total. The number of halogens is 2. The van der Waals surface area contributed by atoms with Crippen LogP contribution in [0.4, 0.5) is 0 Å². The van der Waals surface area contributed by atoms with Crippen molar-refractivity contribution in [1.29, 1.82) is 0 Å². The Balaban J connectivity index is 1.30. The largest absolute Gasteiger partial charge is 0.492 e. The summed E-state index contributed by atoms with van der Waals surface area (Å²) >= 11 is 12.5. The maximum Gasteiger partial charge on any atom is 0.214 e. The molecule has 1 saturated heterocycles. The molecular formula is C28H36Cl2N2O3S. The van der Waals surface area contributed by atoms with Crippen molar-refractivity contribution in [1.82, 2.24) is 9.62 Å². The number of hydrogen-bond donors (Lipinski definition) is 1. The summed E-state index contributed by atoms with van der Waals surface area (Å²) in [6.07, 6.45) is 7.66. The number of fused-ring (bicyclic) bond motifs is 1. The molecular weight excluding hydrogens is 515 g/mol. The average Bonchev–Trinajstić information content (AvgIpc) is 3.57. The minimum atomic E-state index is -3.29. The van der Waals surface area contributed by atoms with Crippen LogP contribution in [-0.2, 0) is 22.9 Å². The van der Waals surface area contributed by atoms with E-state index in [1.54, 1.807) is 6.92 Å². The SMILES string of the molecule is CC(C1CC1)S(=O)(=O)NCCOc1ccc2c(c1)C(Cc1ccc(Cl)c(Cl)c1)C(N1CCCC1)CC2. The van der Waals surface area contributed by atoms with E-state index in [1.165, 1.54) is 29.5 Å². The summed E-state index contributed by atoms with van der Waals surface area (Å²) in [5.41, 5.74) is 3.91. The highest BCUT2D eigenvalue weighted by Crippen LogP contribution is 2.40. The Hall–Kier alpha value is -1.31. The maximum absolute atomic E-state index is 12.4. The molecule has 1 aliphatic heterocycles. The minimum absolute atomic E-state index is 0.277. The van der Waals surface area contributed by atoms with E-state index in [1.807, 2.05) is 18.2 Å². The van der Waals surface area contributed by atoms with Gasteiger partial charge in [0.05, 0.1) is 15.3 Å². The third kappa shape index (κ3) is 6.05. The first kappa shape index (κ1) is 26.3. The van der Waals surface area contributed by atoms with Crippen LogP contribution in [0.15, 0.2) is 36.4 Å². The summed E-state index contributed by atoms with van der Waals surface area (Å²) in [5, 5.41) is 0.850. The van der Waals surface area contributed by atoms with Gasteiger partial charge in [-0.2, -0.15) is 0 Å². The number of nitrogens with one attached hydrogen (secondary N) is 1. The molecule has 8 heteroatoms. The second-order valence-corrected chi connectivity index (χ2v) is 13.5. The van der Waals surface area contributed by atoms with Gasteiger partial charge < -0.3 is 4.74 Å². The van der Waals surface area contributed by atoms with E-state index in [0.29, 0.717) is 34.5 Å². The van der Waals surface area contributed by atoms with E-state index in [9.17, 15) is 8.42 Å². The molecule has 3 aliphatic rings. The summed E-state index contributed by atoms with van der Waals surface area (Å²) < 4.78 is 33.7. The van der Waals surface area contributed by atoms with Crippen LogP contribution in [0, 0.1) is 5.92 Å². The second kappa shape index (κ2) is 11.2. The topological polar surface area (TPSA) is 58.6 Å². The van der Waals surface area contributed by atoms with Crippen molar-refractivity contribution in [3.05, 3.63) is 63.1 Å². The Morgan fingerprint density at radius 3 is 2.56 bits per heavy atom. The molecule has 5 nitrogen and oxygen atoms in total. The molecule has 3 atom stereocenters. The Labute approximate surface area is 225 Å². The number of ether oxygens (including phenoxy) is 1. The zero-order valence-electron chi connectivity index (χ0n) is 20.9. The quantitative estimate of drug-likeness (QED) is 0.378. The van der Waals surface area contributed by atoms with E-state index >= 15 is 0 Å². The van der Waals surface area contributed by atoms with Gasteiger partial charge in [0.1, 0.15) is 12.4 Å². The van der Waals surface area contributed by atoms with Crippen LogP contribution in [0.5, 0.6) is 5.75 Å². The molecule has 0 amide bonds. The first-order valence-corrected chi connectivity index (χ1v) is 15.5. The Morgan fingerprint density at radius 1 is 1.06 bits per heavy atom. The van der Waals surface area contributed by atoms with Crippen molar-refractivity contribution in [2.45, 2.75) is 69.1 Å². The van der Waals surface area contributed by atoms with Gasteiger partial charge in [0, 0.05) is 18.5 Å². The summed E-state index contributed by atoms with van der Waals surface area (Å²) in [5.74, 6) is 1.44. The van der Waals surface area contributed by atoms with Crippen LogP contribution in [0.25, 0.3) is 0 Å². The summed E-state index contributed by atoms with van der Waals surface area (Å²) in [6, 6.07) is 12.8. The lowest BCUT2D eigenvalue weighted by atomic mass is 9.75. The fraction of sp³-hybridized carbons (Fsp3) is 0.571. The fourth-order valence-electron chi connectivity index (χ4n) is 5.93. The van der Waals surface area contributed by atoms with Gasteiger partial charge >= 0.3 is 0 Å². The standard InChI is InChI=1S/C28H36Cl2N2O3S/c1-19(21-5-6-21)36(33,34)31-12-15-35-23-9-7-22-8-11-28(32-13-2-3-14-32)25(24(22)18-23)16-20-4-10-26(29)27(30)17-20/h4,7,9-10,17-19,21,25,28,31H,2-3,5-6,8,11-16H2,1H3. The van der Waals surface area contributed by atoms with Gasteiger partial charge in [0.2, 0.25) is 10.0 Å². The number of hydrogen-bond acceptors (Lipinski definition) is 4. The van der Waals surface area contributed by atoms with Crippen LogP contribution >= 0.6 is 23.2 Å². The highest BCUT2D eigenvalue weighted by atomic mass is 35.5. The molecule has 0 radical (unpaired) electrons. The molecule has 1 saturated carbocycles. The van der Waals surface area contributed by atoms with E-state index in [2.05, 4.69) is 27.8 Å². The van der Waals surface area contributed by atoms with Crippen molar-refractivity contribution < 1.29 is 13.2 Å². The summed E-state index contributed by atoms with van der Waals surface area (Å²) in [6.45, 7) is 4.71. The van der Waals surface area contributed by atoms with Crippen LogP contribution in [0.3, 0.4) is 0 Å².